The zero-order valence-electron chi connectivity index (χ0n) is 10.3. The highest BCUT2D eigenvalue weighted by atomic mass is 32.2. The summed E-state index contributed by atoms with van der Waals surface area (Å²) in [7, 11) is 0. The van der Waals surface area contributed by atoms with E-state index in [0.717, 1.165) is 10.5 Å². The third-order valence-electron chi connectivity index (χ3n) is 3.12. The van der Waals surface area contributed by atoms with Gasteiger partial charge in [0.25, 0.3) is 5.91 Å². The Morgan fingerprint density at radius 1 is 1.15 bits per heavy atom. The standard InChI is InChI=1S/C15H10FNO2S/c16-12-7-3-1-5-10(12)15(19)17-13(9-18)11-6-2-4-8-14(11)20-17/h1-9,13H. The van der Waals surface area contributed by atoms with Gasteiger partial charge >= 0.3 is 0 Å². The molecule has 1 unspecified atom stereocenters. The lowest BCUT2D eigenvalue weighted by molar-refractivity contribution is -0.110. The van der Waals surface area contributed by atoms with Crippen molar-refractivity contribution in [3.8, 4) is 0 Å². The first-order valence-corrected chi connectivity index (χ1v) is 6.80. The molecule has 100 valence electrons. The minimum Gasteiger partial charge on any atom is -0.301 e. The van der Waals surface area contributed by atoms with Gasteiger partial charge in [-0.15, -0.1) is 0 Å². The maximum atomic E-state index is 13.7. The highest BCUT2D eigenvalue weighted by molar-refractivity contribution is 7.98. The Hall–Kier alpha value is -2.14. The molecule has 0 fully saturated rings. The largest absolute Gasteiger partial charge is 0.301 e. The van der Waals surface area contributed by atoms with E-state index in [-0.39, 0.29) is 5.56 Å². The summed E-state index contributed by atoms with van der Waals surface area (Å²) in [6.07, 6.45) is 0.706. The van der Waals surface area contributed by atoms with E-state index in [0.29, 0.717) is 6.29 Å². The molecule has 0 radical (unpaired) electrons. The number of fused-ring (bicyclic) bond motifs is 1. The molecule has 2 aromatic rings. The average Bonchev–Trinajstić information content (AvgIpc) is 2.85. The van der Waals surface area contributed by atoms with Crippen LogP contribution in [-0.4, -0.2) is 16.5 Å². The molecule has 20 heavy (non-hydrogen) atoms. The molecule has 0 aromatic heterocycles. The van der Waals surface area contributed by atoms with Crippen molar-refractivity contribution >= 4 is 24.1 Å². The highest BCUT2D eigenvalue weighted by Gasteiger charge is 2.35. The fourth-order valence-corrected chi connectivity index (χ4v) is 3.25. The fraction of sp³-hybridized carbons (Fsp3) is 0.0667. The quantitative estimate of drug-likeness (QED) is 0.628. The van der Waals surface area contributed by atoms with Gasteiger partial charge in [0.05, 0.1) is 5.56 Å². The van der Waals surface area contributed by atoms with E-state index < -0.39 is 17.8 Å². The van der Waals surface area contributed by atoms with Crippen molar-refractivity contribution in [1.29, 1.82) is 0 Å². The normalized spacial score (nSPS) is 16.9. The molecular formula is C15H10FNO2S. The Kier molecular flexibility index (Phi) is 3.28. The van der Waals surface area contributed by atoms with Crippen LogP contribution in [-0.2, 0) is 4.79 Å². The van der Waals surface area contributed by atoms with Crippen LogP contribution in [0.3, 0.4) is 0 Å². The Bertz CT molecular complexity index is 689. The highest BCUT2D eigenvalue weighted by Crippen LogP contribution is 2.43. The van der Waals surface area contributed by atoms with E-state index in [1.807, 2.05) is 18.2 Å². The van der Waals surface area contributed by atoms with Crippen LogP contribution in [0.15, 0.2) is 53.4 Å². The van der Waals surface area contributed by atoms with E-state index in [1.165, 1.54) is 34.5 Å². The first-order chi connectivity index (χ1) is 9.72. The minimum atomic E-state index is -0.677. The Morgan fingerprint density at radius 2 is 1.85 bits per heavy atom. The maximum Gasteiger partial charge on any atom is 0.267 e. The van der Waals surface area contributed by atoms with Crippen LogP contribution in [0.2, 0.25) is 0 Å². The van der Waals surface area contributed by atoms with E-state index in [9.17, 15) is 14.0 Å². The van der Waals surface area contributed by atoms with E-state index in [1.54, 1.807) is 12.1 Å². The smallest absolute Gasteiger partial charge is 0.267 e. The molecule has 0 spiro atoms. The van der Waals surface area contributed by atoms with Crippen LogP contribution < -0.4 is 0 Å². The number of aldehydes is 1. The van der Waals surface area contributed by atoms with Crippen molar-refractivity contribution < 1.29 is 14.0 Å². The van der Waals surface area contributed by atoms with Gasteiger partial charge in [-0.25, -0.2) is 4.39 Å². The SMILES string of the molecule is O=CC1c2ccccc2SN1C(=O)c1ccccc1F. The van der Waals surface area contributed by atoms with E-state index in [4.69, 9.17) is 0 Å². The minimum absolute atomic E-state index is 0.0281. The van der Waals surface area contributed by atoms with Crippen LogP contribution in [0.4, 0.5) is 4.39 Å². The molecule has 1 aliphatic rings. The number of carbonyl (C=O) groups is 2. The van der Waals surface area contributed by atoms with Gasteiger partial charge in [-0.05, 0) is 35.7 Å². The molecule has 2 aromatic carbocycles. The lowest BCUT2D eigenvalue weighted by atomic mass is 10.1. The molecule has 0 saturated carbocycles. The predicted molar refractivity (Wildman–Crippen MR) is 73.7 cm³/mol. The van der Waals surface area contributed by atoms with Crippen LogP contribution in [0.1, 0.15) is 22.0 Å². The molecule has 1 atom stereocenters. The van der Waals surface area contributed by atoms with Crippen LogP contribution in [0, 0.1) is 5.82 Å². The van der Waals surface area contributed by atoms with Gasteiger partial charge in [0.2, 0.25) is 0 Å². The summed E-state index contributed by atoms with van der Waals surface area (Å²) < 4.78 is 15.0. The third-order valence-corrected chi connectivity index (χ3v) is 4.28. The topological polar surface area (TPSA) is 37.4 Å². The van der Waals surface area contributed by atoms with Gasteiger partial charge in [-0.1, -0.05) is 30.3 Å². The second-order valence-electron chi connectivity index (χ2n) is 4.32. The number of nitrogens with zero attached hydrogens (tertiary/aromatic N) is 1. The molecule has 1 heterocycles. The number of halogens is 1. The molecular weight excluding hydrogens is 277 g/mol. The predicted octanol–water partition coefficient (Wildman–Crippen LogP) is 3.23. The summed E-state index contributed by atoms with van der Waals surface area (Å²) in [5.41, 5.74) is 0.747. The second-order valence-corrected chi connectivity index (χ2v) is 5.34. The van der Waals surface area contributed by atoms with Crippen LogP contribution in [0.5, 0.6) is 0 Å². The number of amides is 1. The Labute approximate surface area is 119 Å². The van der Waals surface area contributed by atoms with Crippen molar-refractivity contribution in [3.63, 3.8) is 0 Å². The molecule has 0 aliphatic carbocycles. The molecule has 3 rings (SSSR count). The summed E-state index contributed by atoms with van der Waals surface area (Å²) in [6.45, 7) is 0. The van der Waals surface area contributed by atoms with Gasteiger partial charge < -0.3 is 4.79 Å². The zero-order chi connectivity index (χ0) is 14.1. The number of rotatable bonds is 2. The van der Waals surface area contributed by atoms with Crippen LogP contribution >= 0.6 is 11.9 Å². The van der Waals surface area contributed by atoms with Gasteiger partial charge in [0.1, 0.15) is 18.1 Å². The molecule has 5 heteroatoms. The summed E-state index contributed by atoms with van der Waals surface area (Å²) in [5, 5.41) is 0. The van der Waals surface area contributed by atoms with Crippen molar-refractivity contribution in [3.05, 3.63) is 65.5 Å². The first-order valence-electron chi connectivity index (χ1n) is 6.02. The summed E-state index contributed by atoms with van der Waals surface area (Å²) in [5.74, 6) is -1.08. The third kappa shape index (κ3) is 2.00. The number of carbonyl (C=O) groups excluding carboxylic acids is 2. The summed E-state index contributed by atoms with van der Waals surface area (Å²) in [6, 6.07) is 12.4. The van der Waals surface area contributed by atoms with Gasteiger partial charge in [-0.3, -0.25) is 9.10 Å². The van der Waals surface area contributed by atoms with Crippen molar-refractivity contribution in [2.45, 2.75) is 10.9 Å². The first kappa shape index (κ1) is 12.9. The second kappa shape index (κ2) is 5.09. The van der Waals surface area contributed by atoms with Crippen molar-refractivity contribution in [1.82, 2.24) is 4.31 Å². The molecule has 0 saturated heterocycles. The van der Waals surface area contributed by atoms with Crippen molar-refractivity contribution in [2.75, 3.05) is 0 Å². The average molecular weight is 287 g/mol. The monoisotopic (exact) mass is 287 g/mol. The maximum absolute atomic E-state index is 13.7. The summed E-state index contributed by atoms with van der Waals surface area (Å²) >= 11 is 1.17. The molecule has 0 N–H and O–H groups in total. The number of benzene rings is 2. The lowest BCUT2D eigenvalue weighted by Crippen LogP contribution is -2.27. The van der Waals surface area contributed by atoms with E-state index in [2.05, 4.69) is 0 Å². The number of hydrogen-bond donors (Lipinski definition) is 0. The lowest BCUT2D eigenvalue weighted by Gasteiger charge is -2.19. The number of hydrogen-bond acceptors (Lipinski definition) is 3. The molecule has 1 amide bonds. The zero-order valence-corrected chi connectivity index (χ0v) is 11.1. The summed E-state index contributed by atoms with van der Waals surface area (Å²) in [4.78, 5) is 24.6. The molecule has 3 nitrogen and oxygen atoms in total. The fourth-order valence-electron chi connectivity index (χ4n) is 2.15. The Balaban J connectivity index is 1.98. The Morgan fingerprint density at radius 3 is 2.60 bits per heavy atom. The molecule has 1 aliphatic heterocycles. The van der Waals surface area contributed by atoms with Gasteiger partial charge in [0, 0.05) is 4.90 Å². The molecule has 0 bridgehead atoms. The van der Waals surface area contributed by atoms with E-state index >= 15 is 0 Å². The van der Waals surface area contributed by atoms with Gasteiger partial charge in [-0.2, -0.15) is 0 Å². The van der Waals surface area contributed by atoms with Crippen LogP contribution in [0.25, 0.3) is 0 Å². The van der Waals surface area contributed by atoms with Crippen molar-refractivity contribution in [2.24, 2.45) is 0 Å². The van der Waals surface area contributed by atoms with Gasteiger partial charge in [0.15, 0.2) is 0 Å².